The Balaban J connectivity index is 0.0000000927. The van der Waals surface area contributed by atoms with E-state index in [1.807, 2.05) is 206 Å². The third kappa shape index (κ3) is 11.4. The second-order valence-corrected chi connectivity index (χ2v) is 45.4. The van der Waals surface area contributed by atoms with E-state index >= 15 is 13.7 Å². The smallest absolute Gasteiger partial charge is 0.236 e. The average molecular weight is 1820 g/mol. The van der Waals surface area contributed by atoms with Gasteiger partial charge in [0.25, 0.3) is 0 Å². The maximum Gasteiger partial charge on any atom is 0.236 e. The van der Waals surface area contributed by atoms with Crippen molar-refractivity contribution < 1.29 is 18.3 Å². The van der Waals surface area contributed by atoms with Crippen molar-refractivity contribution in [3.05, 3.63) is 474 Å². The Kier molecular flexibility index (Phi) is 17.9. The summed E-state index contributed by atoms with van der Waals surface area (Å²) in [6.45, 7) is 0. The second kappa shape index (κ2) is 30.6. The molecule has 4 aliphatic heterocycles. The van der Waals surface area contributed by atoms with Crippen molar-refractivity contribution in [3.63, 3.8) is 0 Å². The van der Waals surface area contributed by atoms with Crippen molar-refractivity contribution in [2.45, 2.75) is 0 Å². The molecule has 4 unspecified atom stereocenters. The van der Waals surface area contributed by atoms with E-state index in [1.54, 1.807) is 12.4 Å². The summed E-state index contributed by atoms with van der Waals surface area (Å²) < 4.78 is 75.4. The van der Waals surface area contributed by atoms with Gasteiger partial charge in [0, 0.05) is 117 Å². The van der Waals surface area contributed by atoms with E-state index in [9.17, 15) is 4.57 Å². The van der Waals surface area contributed by atoms with Crippen LogP contribution in [0, 0.1) is 0 Å². The van der Waals surface area contributed by atoms with E-state index in [1.165, 1.54) is 38.2 Å². The summed E-state index contributed by atoms with van der Waals surface area (Å²) in [5, 5.41) is 17.6. The van der Waals surface area contributed by atoms with Crippen molar-refractivity contribution >= 4 is 181 Å². The molecule has 30 rings (SSSR count). The molecule has 136 heavy (non-hydrogen) atoms. The molecule has 4 atom stereocenters. The van der Waals surface area contributed by atoms with E-state index in [2.05, 4.69) is 292 Å². The normalized spacial score (nSPS) is 16.8. The molecule has 16 heteroatoms. The summed E-state index contributed by atoms with van der Waals surface area (Å²) in [6, 6.07) is 153. The first-order chi connectivity index (χ1) is 67.1. The zero-order valence-corrected chi connectivity index (χ0v) is 76.6. The average Bonchev–Trinajstić information content (AvgIpc) is 1.49. The van der Waals surface area contributed by atoms with Gasteiger partial charge in [0.2, 0.25) is 29.0 Å². The maximum atomic E-state index is 15.9. The molecule has 0 fully saturated rings. The number of para-hydroxylation sites is 7. The Labute approximate surface area is 781 Å². The van der Waals surface area contributed by atoms with Gasteiger partial charge < -0.3 is 18.1 Å². The Morgan fingerprint density at radius 1 is 0.235 bits per heavy atom. The van der Waals surface area contributed by atoms with Crippen molar-refractivity contribution in [1.29, 1.82) is 0 Å². The molecule has 0 N–H and O–H groups in total. The molecule has 9 aromatic heterocycles. The van der Waals surface area contributed by atoms with Crippen LogP contribution in [-0.2, 0) is 18.3 Å². The quantitative estimate of drug-likeness (QED) is 0.146. The highest BCUT2D eigenvalue weighted by atomic mass is 31.2. The van der Waals surface area contributed by atoms with Crippen molar-refractivity contribution in [2.24, 2.45) is 0 Å². The molecular weight excluding hydrogens is 1740 g/mol. The number of nitrogens with zero attached hydrogens (tertiary/aromatic N) is 8. The van der Waals surface area contributed by atoms with E-state index in [4.69, 9.17) is 0 Å². The Morgan fingerprint density at radius 3 is 1.36 bits per heavy atom. The number of benzene rings is 17. The van der Waals surface area contributed by atoms with Gasteiger partial charge in [-0.05, 0) is 154 Å². The maximum absolute atomic E-state index is 15.9. The predicted molar refractivity (Wildman–Crippen MR) is 565 cm³/mol. The van der Waals surface area contributed by atoms with Gasteiger partial charge in [-0.3, -0.25) is 36.7 Å². The molecule has 0 radical (unpaired) electrons. The Morgan fingerprint density at radius 2 is 0.684 bits per heavy atom. The molecule has 0 aliphatic carbocycles. The molecule has 17 aromatic carbocycles. The molecule has 0 saturated heterocycles. The lowest BCUT2D eigenvalue weighted by Gasteiger charge is -2.24. The topological polar surface area (TPSA) is 123 Å². The van der Waals surface area contributed by atoms with Crippen LogP contribution in [0.25, 0.3) is 182 Å². The molecule has 642 valence electrons. The standard InChI is InChI=1S/2C34H23N2OP.C30H17N2OP.C22H15N2OP/c37-38(26-16-8-3-9-17-26)32-19-11-10-18-31(32)35-22-29(24-12-4-1-5-13-24)27-20-21-28-30(25-14-6-2-7-15-25)23-36(38)34(28)33(27)35;37-38(28-20-18-25(19-21-28)24-10-2-1-3-11-24)34-17-9-8-16-31(34)35-29-14-6-4-12-26(29)22-32(35)33-23-27-13-5-7-15-30(27)36(33)38;33-34(18-8-2-1-3-9-18)26-15-7-13-22-20-11-6-12-21-24-17-16-23-19-10-4-5-14-25(19)32(34)30(23)29(24)31(27(20)21)28(22)26;25-26(21-13-5-6-14-23-21)20-12-4-3-10-18(20)16-8-1-2-9-17(16)19-11-7-15-24-22(19)26/h2*1-23H;1-17H;1-15H. The minimum atomic E-state index is -3.33. The van der Waals surface area contributed by atoms with Crippen LogP contribution in [0.15, 0.2) is 474 Å². The second-order valence-electron chi connectivity index (χ2n) is 35.1. The minimum absolute atomic E-state index is 0.570. The Bertz CT molecular complexity index is 9570. The molecule has 0 saturated carbocycles. The highest BCUT2D eigenvalue weighted by Gasteiger charge is 2.45. The van der Waals surface area contributed by atoms with Gasteiger partial charge in [-0.15, -0.1) is 0 Å². The van der Waals surface area contributed by atoms with E-state index < -0.39 is 29.0 Å². The first-order valence-corrected chi connectivity index (χ1v) is 52.4. The molecule has 0 bridgehead atoms. The summed E-state index contributed by atoms with van der Waals surface area (Å²) >= 11 is 0. The first-order valence-electron chi connectivity index (χ1n) is 45.7. The first kappa shape index (κ1) is 79.5. The highest BCUT2D eigenvalue weighted by Crippen LogP contribution is 2.61. The van der Waals surface area contributed by atoms with Crippen LogP contribution < -0.4 is 48.0 Å². The number of fused-ring (bicyclic) bond motifs is 21. The molecule has 12 nitrogen and oxygen atoms in total. The third-order valence-corrected chi connectivity index (χ3v) is 40.0. The summed E-state index contributed by atoms with van der Waals surface area (Å²) in [7, 11) is -13.1. The number of rotatable bonds is 7. The van der Waals surface area contributed by atoms with Gasteiger partial charge in [0.05, 0.1) is 88.3 Å². The molecule has 0 amide bonds. The van der Waals surface area contributed by atoms with Crippen LogP contribution in [-0.4, -0.2) is 36.5 Å². The van der Waals surface area contributed by atoms with Crippen LogP contribution in [0.1, 0.15) is 0 Å². The largest absolute Gasteiger partial charge is 0.313 e. The highest BCUT2D eigenvalue weighted by molar-refractivity contribution is 7.85. The van der Waals surface area contributed by atoms with E-state index in [-0.39, 0.29) is 0 Å². The van der Waals surface area contributed by atoms with E-state index in [0.29, 0.717) is 10.9 Å². The zero-order chi connectivity index (χ0) is 90.3. The molecule has 26 aromatic rings. The van der Waals surface area contributed by atoms with Crippen LogP contribution in [0.3, 0.4) is 0 Å². The fourth-order valence-corrected chi connectivity index (χ4v) is 34.0. The molecule has 13 heterocycles. The summed E-state index contributed by atoms with van der Waals surface area (Å²) in [6.07, 6.45) is 7.75. The van der Waals surface area contributed by atoms with Gasteiger partial charge >= 0.3 is 0 Å². The lowest BCUT2D eigenvalue weighted by molar-refractivity contribution is 0.582. The van der Waals surface area contributed by atoms with Gasteiger partial charge in [0.1, 0.15) is 10.9 Å². The van der Waals surface area contributed by atoms with E-state index in [0.717, 1.165) is 181 Å². The lowest BCUT2D eigenvalue weighted by atomic mass is 9.96. The monoisotopic (exact) mass is 1820 g/mol. The van der Waals surface area contributed by atoms with Crippen LogP contribution in [0.2, 0.25) is 0 Å². The minimum Gasteiger partial charge on any atom is -0.313 e. The molecule has 0 spiro atoms. The molecular formula is C120H78N8O4P4. The fourth-order valence-electron chi connectivity index (χ4n) is 22.2. The predicted octanol–water partition coefficient (Wildman–Crippen LogP) is 26.8. The number of hydrogen-bond acceptors (Lipinski definition) is 6. The summed E-state index contributed by atoms with van der Waals surface area (Å²) in [5.41, 5.74) is 25.7. The van der Waals surface area contributed by atoms with Crippen LogP contribution in [0.5, 0.6) is 0 Å². The van der Waals surface area contributed by atoms with Crippen molar-refractivity contribution in [2.75, 3.05) is 0 Å². The van der Waals surface area contributed by atoms with Crippen molar-refractivity contribution in [3.8, 4) is 78.4 Å². The van der Waals surface area contributed by atoms with Crippen LogP contribution >= 0.6 is 29.0 Å². The van der Waals surface area contributed by atoms with Crippen molar-refractivity contribution in [1.82, 2.24) is 36.5 Å². The van der Waals surface area contributed by atoms with Gasteiger partial charge in [-0.2, -0.15) is 0 Å². The summed E-state index contributed by atoms with van der Waals surface area (Å²) in [5.74, 6) is 0. The summed E-state index contributed by atoms with van der Waals surface area (Å²) in [4.78, 5) is 9.08. The molecule has 4 aliphatic rings. The number of aromatic nitrogens is 8. The fraction of sp³-hybridized carbons (Fsp3) is 0. The number of pyridine rings is 2. The number of hydrogen-bond donors (Lipinski definition) is 0. The van der Waals surface area contributed by atoms with Gasteiger partial charge in [0.15, 0.2) is 0 Å². The zero-order valence-electron chi connectivity index (χ0n) is 73.0. The third-order valence-electron chi connectivity index (χ3n) is 28.1. The van der Waals surface area contributed by atoms with Crippen LogP contribution in [0.4, 0.5) is 0 Å². The van der Waals surface area contributed by atoms with Gasteiger partial charge in [-0.25, -0.2) is 0 Å². The lowest BCUT2D eigenvalue weighted by Crippen LogP contribution is -2.29. The van der Waals surface area contributed by atoms with Gasteiger partial charge in [-0.1, -0.05) is 334 Å². The SMILES string of the molecule is O=P1(c2ccc(-c3ccccc3)cc2)c2ccccc2-n2c(cc3ccccc32)-c2cc3ccccc3n21.O=P1(c2ccccc2)c2cccc3c4cccc5c6ccc7c8ccccc8n1c7c6n(c23)c45.O=P1(c2ccccc2)c2ccccc2-n2cc(-c3ccccc3)c3ccc4c(-c5ccccc5)cn1c4c32.O=P1(c2ccccn2)c2ccccc2-c2ccccc2-c2cccnc21. The Hall–Kier alpha value is -16.3.